The summed E-state index contributed by atoms with van der Waals surface area (Å²) in [5.74, 6) is -2.96. The van der Waals surface area contributed by atoms with Gasteiger partial charge in [-0.2, -0.15) is 0 Å². The Bertz CT molecular complexity index is 3520. The molecule has 1 aliphatic heterocycles. The van der Waals surface area contributed by atoms with Crippen LogP contribution < -0.4 is 10.4 Å². The van der Waals surface area contributed by atoms with E-state index in [0.717, 1.165) is 62.0 Å². The first-order valence-corrected chi connectivity index (χ1v) is 22.7. The molecule has 4 radical (unpaired) electrons. The van der Waals surface area contributed by atoms with Gasteiger partial charge in [0.2, 0.25) is 0 Å². The highest BCUT2D eigenvalue weighted by molar-refractivity contribution is 6.38. The monoisotopic (exact) mass is 900 g/mol. The summed E-state index contributed by atoms with van der Waals surface area (Å²) in [7, 11) is 13.3. The van der Waals surface area contributed by atoms with Gasteiger partial charge in [0, 0.05) is 45.0 Å². The number of para-hydroxylation sites is 1. The van der Waals surface area contributed by atoms with Gasteiger partial charge < -0.3 is 34.8 Å². The van der Waals surface area contributed by atoms with Crippen LogP contribution in [0.2, 0.25) is 0 Å². The van der Waals surface area contributed by atoms with Crippen LogP contribution in [0.1, 0.15) is 70.9 Å². The van der Waals surface area contributed by atoms with Crippen LogP contribution in [-0.4, -0.2) is 53.5 Å². The topological polar surface area (TPSA) is 130 Å². The Morgan fingerprint density at radius 3 is 2.38 bits per heavy atom. The molecule has 0 fully saturated rings. The average molecular weight is 901 g/mol. The van der Waals surface area contributed by atoms with Crippen LogP contribution in [-0.2, 0) is 0 Å². The van der Waals surface area contributed by atoms with Crippen LogP contribution >= 0.6 is 0 Å². The molecule has 1 aromatic heterocycles. The highest BCUT2D eigenvalue weighted by Gasteiger charge is 2.34. The van der Waals surface area contributed by atoms with Crippen molar-refractivity contribution in [3.63, 3.8) is 0 Å². The molecule has 3 aliphatic carbocycles. The smallest absolute Gasteiger partial charge is 0.167 e. The van der Waals surface area contributed by atoms with E-state index in [0.29, 0.717) is 33.9 Å². The fraction of sp³-hybridized carbons (Fsp3) is 0.102. The van der Waals surface area contributed by atoms with Gasteiger partial charge in [0.25, 0.3) is 0 Å². The molecule has 69 heavy (non-hydrogen) atoms. The molecule has 5 aromatic carbocycles. The van der Waals surface area contributed by atoms with Gasteiger partial charge in [-0.3, -0.25) is 0 Å². The van der Waals surface area contributed by atoms with Gasteiger partial charge in [-0.15, -0.1) is 0 Å². The van der Waals surface area contributed by atoms with Crippen molar-refractivity contribution in [2.24, 2.45) is 4.99 Å². The van der Waals surface area contributed by atoms with Gasteiger partial charge in [-0.25, -0.2) is 4.99 Å². The summed E-state index contributed by atoms with van der Waals surface area (Å²) in [6.07, 6.45) is 23.6. The van der Waals surface area contributed by atoms with E-state index >= 15 is 0 Å². The predicted molar refractivity (Wildman–Crippen MR) is 283 cm³/mol. The Balaban J connectivity index is 1.35. The largest absolute Gasteiger partial charge is 0.508 e. The van der Waals surface area contributed by atoms with Crippen molar-refractivity contribution in [3.8, 4) is 22.6 Å². The van der Waals surface area contributed by atoms with E-state index in [4.69, 9.17) is 25.1 Å². The lowest BCUT2D eigenvalue weighted by molar-refractivity contribution is 0.327. The first-order chi connectivity index (χ1) is 33.4. The zero-order valence-electron chi connectivity index (χ0n) is 38.3. The molecule has 0 spiro atoms. The molecular weight excluding hydrogens is 854 g/mol. The van der Waals surface area contributed by atoms with E-state index in [9.17, 15) is 25.5 Å². The van der Waals surface area contributed by atoms with Crippen LogP contribution in [0.5, 0.6) is 11.5 Å². The number of phenolic OH excluding ortho intramolecular Hbond substituents is 2. The summed E-state index contributed by atoms with van der Waals surface area (Å²) in [6, 6.07) is 28.4. The maximum atomic E-state index is 11.9. The number of anilines is 2. The standard InChI is InChI=1S/C59H46B2N2O6/c1-5-39(59-52(62-34(4)35-18-11-8-12-19-35)43-27-17-26-41(58(43)69-59)36-20-9-6-7-10-21-36)46-29-45-42-25-16-15-24-40(42)37-22-13-14-23-38(28-37)44(45)30-47(46)63-31-48(64)56(67)51(61)54(65)32(2)49-53(63)50(60)33(3)55(66)57(49)68/h5-6,8-30,37,64-68H,2,7,31H2,1,3-4H3/b39-5+,54-51-,56-48-,62-34?. The zero-order chi connectivity index (χ0) is 48.2. The minimum Gasteiger partial charge on any atom is -0.508 e. The number of phenols is 2. The highest BCUT2D eigenvalue weighted by Crippen LogP contribution is 2.52. The molecule has 8 nitrogen and oxygen atoms in total. The van der Waals surface area contributed by atoms with E-state index in [-0.39, 0.29) is 33.8 Å². The molecule has 10 heteroatoms. The number of hydrogen-bond acceptors (Lipinski definition) is 8. The molecule has 5 N–H and O–H groups in total. The third-order valence-electron chi connectivity index (χ3n) is 13.3. The fourth-order valence-electron chi connectivity index (χ4n) is 9.72. The van der Waals surface area contributed by atoms with Gasteiger partial charge in [-0.05, 0) is 95.4 Å². The second-order valence-electron chi connectivity index (χ2n) is 17.4. The van der Waals surface area contributed by atoms with Crippen LogP contribution in [0.25, 0.3) is 44.4 Å². The second kappa shape index (κ2) is 17.7. The molecule has 0 amide bonds. The molecule has 6 aromatic rings. The number of fused-ring (bicyclic) bond motifs is 8. The van der Waals surface area contributed by atoms with E-state index in [1.54, 1.807) is 11.8 Å². The molecule has 4 aliphatic rings. The van der Waals surface area contributed by atoms with E-state index in [1.165, 1.54) is 0 Å². The Kier molecular flexibility index (Phi) is 11.4. The van der Waals surface area contributed by atoms with Crippen molar-refractivity contribution >= 4 is 77.2 Å². The van der Waals surface area contributed by atoms with E-state index in [2.05, 4.69) is 67.3 Å². The Morgan fingerprint density at radius 2 is 1.58 bits per heavy atom. The van der Waals surface area contributed by atoms with Gasteiger partial charge in [0.05, 0.1) is 17.8 Å². The molecule has 1 unspecified atom stereocenters. The van der Waals surface area contributed by atoms with Crippen LogP contribution in [0, 0.1) is 6.92 Å². The first-order valence-electron chi connectivity index (χ1n) is 22.7. The Labute approximate surface area is 403 Å². The zero-order valence-corrected chi connectivity index (χ0v) is 38.3. The number of rotatable bonds is 6. The summed E-state index contributed by atoms with van der Waals surface area (Å²) in [5.41, 5.74) is 10.3. The minimum absolute atomic E-state index is 0.00375. The molecule has 0 saturated heterocycles. The number of nitrogens with zero attached hydrogens (tertiary/aromatic N) is 2. The third-order valence-corrected chi connectivity index (χ3v) is 13.3. The van der Waals surface area contributed by atoms with Crippen molar-refractivity contribution in [2.75, 3.05) is 11.4 Å². The van der Waals surface area contributed by atoms with Crippen LogP contribution in [0.15, 0.2) is 191 Å². The second-order valence-corrected chi connectivity index (χ2v) is 17.4. The number of allylic oxidation sites excluding steroid dienone is 15. The molecule has 334 valence electrons. The Morgan fingerprint density at radius 1 is 0.812 bits per heavy atom. The average Bonchev–Trinajstić information content (AvgIpc) is 3.61. The van der Waals surface area contributed by atoms with Crippen molar-refractivity contribution in [2.45, 2.75) is 33.1 Å². The molecular formula is C59H46B2N2O6. The fourth-order valence-corrected chi connectivity index (χ4v) is 9.72. The van der Waals surface area contributed by atoms with Crippen LogP contribution in [0.3, 0.4) is 0 Å². The van der Waals surface area contributed by atoms with Crippen molar-refractivity contribution in [1.82, 2.24) is 0 Å². The van der Waals surface area contributed by atoms with Gasteiger partial charge in [0.15, 0.2) is 28.8 Å². The molecule has 1 atom stereocenters. The maximum Gasteiger partial charge on any atom is 0.167 e. The number of hydrogen-bond donors (Lipinski definition) is 5. The number of benzene rings is 5. The maximum absolute atomic E-state index is 11.9. The van der Waals surface area contributed by atoms with Crippen LogP contribution in [0.4, 0.5) is 17.1 Å². The third kappa shape index (κ3) is 7.49. The lowest BCUT2D eigenvalue weighted by Gasteiger charge is -2.33. The predicted octanol–water partition coefficient (Wildman–Crippen LogP) is 13.1. The van der Waals surface area contributed by atoms with E-state index in [1.807, 2.05) is 105 Å². The van der Waals surface area contributed by atoms with Gasteiger partial charge in [0.1, 0.15) is 32.7 Å². The van der Waals surface area contributed by atoms with Crippen molar-refractivity contribution in [3.05, 3.63) is 226 Å². The van der Waals surface area contributed by atoms with E-state index < -0.39 is 40.8 Å². The lowest BCUT2D eigenvalue weighted by Crippen LogP contribution is -2.30. The molecule has 2 heterocycles. The molecule has 0 saturated carbocycles. The number of aliphatic hydroxyl groups excluding tert-OH is 3. The summed E-state index contributed by atoms with van der Waals surface area (Å²) in [6.45, 7) is 9.03. The van der Waals surface area contributed by atoms with Crippen molar-refractivity contribution in [1.29, 1.82) is 0 Å². The SMILES string of the molecule is [B]C1=C(\O)C(=C)c2c(O)c(O)c(C)c([B])c2N(c2cc3c(cc2/C(=C\C)c2oc4c(C5=CC=CCC=C5)cccc4c2N=C(C)c2ccccc2)-c2ccccc2C2C=CC=CC3=C2)C/C(O)=C\1O. The van der Waals surface area contributed by atoms with Crippen molar-refractivity contribution < 1.29 is 29.9 Å². The normalized spacial score (nSPS) is 19.1. The number of aliphatic imine (C=N–C) groups is 1. The van der Waals surface area contributed by atoms with Gasteiger partial charge in [-0.1, -0.05) is 146 Å². The first kappa shape index (κ1) is 44.5. The summed E-state index contributed by atoms with van der Waals surface area (Å²) >= 11 is 0. The highest BCUT2D eigenvalue weighted by atomic mass is 16.3. The summed E-state index contributed by atoms with van der Waals surface area (Å²) < 4.78 is 7.24. The lowest BCUT2D eigenvalue weighted by atomic mass is 9.81. The Hall–Kier alpha value is -8.36. The summed E-state index contributed by atoms with van der Waals surface area (Å²) in [4.78, 5) is 7.04. The molecule has 10 rings (SSSR count). The number of aliphatic hydroxyl groups is 3. The quantitative estimate of drug-likeness (QED) is 0.0639. The molecule has 2 bridgehead atoms. The minimum atomic E-state index is -0.806. The van der Waals surface area contributed by atoms with Gasteiger partial charge >= 0.3 is 0 Å². The number of furan rings is 1. The number of aromatic hydroxyl groups is 2. The summed E-state index contributed by atoms with van der Waals surface area (Å²) in [5, 5.41) is 58.9.